The van der Waals surface area contributed by atoms with Crippen LogP contribution in [-0.2, 0) is 20.8 Å². The number of para-hydroxylation sites is 1. The number of benzene rings is 3. The van der Waals surface area contributed by atoms with E-state index in [1.807, 2.05) is 44.2 Å². The average Bonchev–Trinajstić information content (AvgIpc) is 2.83. The lowest BCUT2D eigenvalue weighted by Gasteiger charge is -2.10. The second-order valence-electron chi connectivity index (χ2n) is 7.44. The van der Waals surface area contributed by atoms with Crippen molar-refractivity contribution < 1.29 is 19.1 Å². The smallest absolute Gasteiger partial charge is 0.329 e. The lowest BCUT2D eigenvalue weighted by Crippen LogP contribution is -2.32. The van der Waals surface area contributed by atoms with Crippen molar-refractivity contribution in [1.82, 2.24) is 5.43 Å². The Morgan fingerprint density at radius 3 is 2.50 bits per heavy atom. The Labute approximate surface area is 198 Å². The van der Waals surface area contributed by atoms with Crippen LogP contribution in [0.5, 0.6) is 5.75 Å². The summed E-state index contributed by atoms with van der Waals surface area (Å²) >= 11 is 0. The summed E-state index contributed by atoms with van der Waals surface area (Å²) in [5.74, 6) is -1.53. The Morgan fingerprint density at radius 2 is 1.71 bits per heavy atom. The Balaban J connectivity index is 1.49. The van der Waals surface area contributed by atoms with Crippen molar-refractivity contribution in [2.75, 3.05) is 17.2 Å². The van der Waals surface area contributed by atoms with Gasteiger partial charge in [-0.3, -0.25) is 14.4 Å². The van der Waals surface area contributed by atoms with Gasteiger partial charge in [0.2, 0.25) is 0 Å². The maximum Gasteiger partial charge on any atom is 0.329 e. The van der Waals surface area contributed by atoms with Crippen LogP contribution in [0.2, 0.25) is 0 Å². The molecule has 0 aromatic heterocycles. The zero-order valence-corrected chi connectivity index (χ0v) is 19.0. The van der Waals surface area contributed by atoms with E-state index in [-0.39, 0.29) is 12.5 Å². The Hall–Kier alpha value is -4.46. The molecule has 3 amide bonds. The number of carbonyl (C=O) groups excluding carboxylic acids is 3. The molecule has 0 aliphatic rings. The van der Waals surface area contributed by atoms with Crippen LogP contribution < -0.4 is 20.8 Å². The van der Waals surface area contributed by atoms with Crippen molar-refractivity contribution in [3.8, 4) is 5.75 Å². The highest BCUT2D eigenvalue weighted by Crippen LogP contribution is 2.16. The lowest BCUT2D eigenvalue weighted by molar-refractivity contribution is -0.136. The minimum Gasteiger partial charge on any atom is -0.484 e. The van der Waals surface area contributed by atoms with E-state index in [2.05, 4.69) is 21.2 Å². The van der Waals surface area contributed by atoms with E-state index in [1.165, 1.54) is 6.21 Å². The van der Waals surface area contributed by atoms with E-state index in [0.717, 1.165) is 23.2 Å². The molecular formula is C26H26N4O4. The number of carbonyl (C=O) groups is 3. The molecule has 3 N–H and O–H groups in total. The average molecular weight is 459 g/mol. The van der Waals surface area contributed by atoms with Crippen molar-refractivity contribution in [3.05, 3.63) is 89.5 Å². The van der Waals surface area contributed by atoms with Gasteiger partial charge in [-0.2, -0.15) is 5.10 Å². The van der Waals surface area contributed by atoms with Crippen LogP contribution in [0.15, 0.2) is 77.9 Å². The number of ether oxygens (including phenoxy) is 1. The number of nitrogens with one attached hydrogen (secondary N) is 3. The number of rotatable bonds is 8. The number of amides is 3. The van der Waals surface area contributed by atoms with Crippen molar-refractivity contribution in [1.29, 1.82) is 0 Å². The topological polar surface area (TPSA) is 109 Å². The molecule has 0 unspecified atom stereocenters. The molecule has 0 atom stereocenters. The summed E-state index contributed by atoms with van der Waals surface area (Å²) in [6, 6.07) is 21.6. The highest BCUT2D eigenvalue weighted by atomic mass is 16.5. The van der Waals surface area contributed by atoms with Gasteiger partial charge in [0.1, 0.15) is 5.75 Å². The molecule has 0 aliphatic carbocycles. The van der Waals surface area contributed by atoms with Crippen molar-refractivity contribution in [3.63, 3.8) is 0 Å². The van der Waals surface area contributed by atoms with Crippen LogP contribution in [0.1, 0.15) is 23.6 Å². The van der Waals surface area contributed by atoms with Gasteiger partial charge >= 0.3 is 11.8 Å². The van der Waals surface area contributed by atoms with Crippen molar-refractivity contribution >= 4 is 35.3 Å². The number of hydrogen-bond acceptors (Lipinski definition) is 5. The highest BCUT2D eigenvalue weighted by Gasteiger charge is 2.12. The van der Waals surface area contributed by atoms with E-state index in [9.17, 15) is 14.4 Å². The van der Waals surface area contributed by atoms with Crippen LogP contribution >= 0.6 is 0 Å². The Bertz CT molecular complexity index is 1210. The van der Waals surface area contributed by atoms with Gasteiger partial charge in [-0.05, 0) is 60.4 Å². The summed E-state index contributed by atoms with van der Waals surface area (Å²) < 4.78 is 5.57. The predicted molar refractivity (Wildman–Crippen MR) is 132 cm³/mol. The van der Waals surface area contributed by atoms with Gasteiger partial charge < -0.3 is 15.4 Å². The number of anilines is 2. The van der Waals surface area contributed by atoms with Gasteiger partial charge in [-0.15, -0.1) is 0 Å². The minimum atomic E-state index is -0.894. The molecule has 0 fully saturated rings. The van der Waals surface area contributed by atoms with Crippen LogP contribution in [0.4, 0.5) is 11.4 Å². The molecule has 0 spiro atoms. The normalized spacial score (nSPS) is 10.5. The molecule has 0 heterocycles. The number of nitrogens with zero attached hydrogens (tertiary/aromatic N) is 1. The number of hydrogen-bond donors (Lipinski definition) is 3. The third-order valence-electron chi connectivity index (χ3n) is 4.76. The zero-order valence-electron chi connectivity index (χ0n) is 19.0. The third kappa shape index (κ3) is 7.30. The van der Waals surface area contributed by atoms with Gasteiger partial charge in [-0.25, -0.2) is 5.43 Å². The summed E-state index contributed by atoms with van der Waals surface area (Å²) in [5.41, 5.74) is 6.10. The fourth-order valence-electron chi connectivity index (χ4n) is 3.10. The fraction of sp³-hybridized carbons (Fsp3) is 0.154. The van der Waals surface area contributed by atoms with Crippen LogP contribution in [0, 0.1) is 6.92 Å². The quantitative estimate of drug-likeness (QED) is 0.272. The summed E-state index contributed by atoms with van der Waals surface area (Å²) in [5, 5.41) is 9.17. The molecule has 34 heavy (non-hydrogen) atoms. The molecule has 3 aromatic rings. The molecule has 0 aliphatic heterocycles. The Kier molecular flexibility index (Phi) is 8.51. The van der Waals surface area contributed by atoms with Crippen LogP contribution in [0.25, 0.3) is 0 Å². The van der Waals surface area contributed by atoms with Gasteiger partial charge in [0.05, 0.1) is 6.21 Å². The van der Waals surface area contributed by atoms with E-state index in [4.69, 9.17) is 4.74 Å². The van der Waals surface area contributed by atoms with Gasteiger partial charge in [0.25, 0.3) is 5.91 Å². The molecule has 0 saturated carbocycles. The first kappa shape index (κ1) is 24.2. The molecule has 3 aromatic carbocycles. The molecule has 3 rings (SSSR count). The molecule has 174 valence electrons. The summed E-state index contributed by atoms with van der Waals surface area (Å²) in [6.07, 6.45) is 2.19. The van der Waals surface area contributed by atoms with Crippen LogP contribution in [0.3, 0.4) is 0 Å². The predicted octanol–water partition coefficient (Wildman–Crippen LogP) is 3.66. The number of hydrazone groups is 1. The molecule has 0 saturated heterocycles. The van der Waals surface area contributed by atoms with E-state index in [0.29, 0.717) is 17.0 Å². The van der Waals surface area contributed by atoms with Crippen molar-refractivity contribution in [2.45, 2.75) is 20.3 Å². The second-order valence-corrected chi connectivity index (χ2v) is 7.44. The highest BCUT2D eigenvalue weighted by molar-refractivity contribution is 6.39. The second kappa shape index (κ2) is 12.0. The minimum absolute atomic E-state index is 0.158. The van der Waals surface area contributed by atoms with Crippen LogP contribution in [-0.4, -0.2) is 30.5 Å². The van der Waals surface area contributed by atoms with Gasteiger partial charge in [-0.1, -0.05) is 49.4 Å². The summed E-state index contributed by atoms with van der Waals surface area (Å²) in [4.78, 5) is 36.2. The number of aryl methyl sites for hydroxylation is 2. The Morgan fingerprint density at radius 1 is 0.912 bits per heavy atom. The monoisotopic (exact) mass is 458 g/mol. The van der Waals surface area contributed by atoms with E-state index >= 15 is 0 Å². The third-order valence-corrected chi connectivity index (χ3v) is 4.76. The first-order valence-corrected chi connectivity index (χ1v) is 10.8. The first-order valence-electron chi connectivity index (χ1n) is 10.8. The van der Waals surface area contributed by atoms with Crippen molar-refractivity contribution in [2.24, 2.45) is 5.10 Å². The van der Waals surface area contributed by atoms with Gasteiger partial charge in [0, 0.05) is 11.4 Å². The van der Waals surface area contributed by atoms with E-state index < -0.39 is 11.8 Å². The van der Waals surface area contributed by atoms with Gasteiger partial charge in [0.15, 0.2) is 6.61 Å². The molecule has 0 radical (unpaired) electrons. The summed E-state index contributed by atoms with van der Waals surface area (Å²) in [6.45, 7) is 3.75. The van der Waals surface area contributed by atoms with E-state index in [1.54, 1.807) is 42.5 Å². The maximum atomic E-state index is 12.3. The summed E-state index contributed by atoms with van der Waals surface area (Å²) in [7, 11) is 0. The standard InChI is InChI=1S/C26H26N4O4/c1-3-20-10-4-5-13-23(20)29-24(31)17-34-22-12-7-9-19(15-22)16-27-30-26(33)25(32)28-21-11-6-8-18(2)14-21/h4-16H,3,17H2,1-2H3,(H,28,32)(H,29,31)(H,30,33)/b27-16-. The molecular weight excluding hydrogens is 432 g/mol. The largest absolute Gasteiger partial charge is 0.484 e. The first-order chi connectivity index (χ1) is 16.4. The maximum absolute atomic E-state index is 12.3. The SMILES string of the molecule is CCc1ccccc1NC(=O)COc1cccc(/C=N\NC(=O)C(=O)Nc2cccc(C)c2)c1. The lowest BCUT2D eigenvalue weighted by atomic mass is 10.1. The zero-order chi connectivity index (χ0) is 24.3. The molecule has 0 bridgehead atoms. The molecule has 8 nitrogen and oxygen atoms in total. The molecule has 8 heteroatoms. The fourth-order valence-corrected chi connectivity index (χ4v) is 3.10.